The van der Waals surface area contributed by atoms with E-state index < -0.39 is 31.9 Å². The summed E-state index contributed by atoms with van der Waals surface area (Å²) in [7, 11) is -5.74. The van der Waals surface area contributed by atoms with Gasteiger partial charge in [0.25, 0.3) is 10.1 Å². The van der Waals surface area contributed by atoms with Gasteiger partial charge in [-0.3, -0.25) is 4.55 Å². The van der Waals surface area contributed by atoms with Gasteiger partial charge in [0, 0.05) is 30.7 Å². The molecule has 0 radical (unpaired) electrons. The van der Waals surface area contributed by atoms with Gasteiger partial charge >= 0.3 is 51.4 Å². The molecular formula is C22H18Cl4KN3O6S2. The second-order valence-electron chi connectivity index (χ2n) is 8.25. The fraction of sp³-hybridized carbons (Fsp3) is 0.182. The zero-order valence-corrected chi connectivity index (χ0v) is 27.9. The van der Waals surface area contributed by atoms with Gasteiger partial charge in [-0.05, 0) is 36.4 Å². The average molecular weight is 665 g/mol. The molecule has 0 atom stereocenters. The van der Waals surface area contributed by atoms with Crippen molar-refractivity contribution >= 4 is 95.0 Å². The van der Waals surface area contributed by atoms with Gasteiger partial charge in [-0.25, -0.2) is 8.42 Å². The van der Waals surface area contributed by atoms with Gasteiger partial charge in [0.2, 0.25) is 0 Å². The molecule has 16 heteroatoms. The first-order chi connectivity index (χ1) is 17.1. The van der Waals surface area contributed by atoms with Crippen LogP contribution in [0.1, 0.15) is 11.3 Å². The maximum Gasteiger partial charge on any atom is 1.00 e. The SMILES string of the molecule is CN1/C(=C/C=C/c2c(CS(=O)(=O)O)c3cc(Cl)c(Cl)cc3n2C)N(CS(=O)(=O)[O-])c2cc(Cl)c(Cl)cc21.[K+]. The molecular weight excluding hydrogens is 647 g/mol. The zero-order valence-electron chi connectivity index (χ0n) is 20.1. The fourth-order valence-electron chi connectivity index (χ4n) is 4.23. The Bertz CT molecular complexity index is 1720. The number of anilines is 2. The molecule has 1 aliphatic heterocycles. The minimum absolute atomic E-state index is 0. The third kappa shape index (κ3) is 6.76. The van der Waals surface area contributed by atoms with E-state index in [1.54, 1.807) is 53.9 Å². The summed E-state index contributed by atoms with van der Waals surface area (Å²) < 4.78 is 69.7. The van der Waals surface area contributed by atoms with Gasteiger partial charge in [0.1, 0.15) is 27.6 Å². The molecule has 198 valence electrons. The summed E-state index contributed by atoms with van der Waals surface area (Å²) in [5.41, 5.74) is 2.19. The van der Waals surface area contributed by atoms with Crippen LogP contribution >= 0.6 is 46.4 Å². The molecule has 38 heavy (non-hydrogen) atoms. The summed E-state index contributed by atoms with van der Waals surface area (Å²) >= 11 is 24.6. The number of rotatable bonds is 6. The van der Waals surface area contributed by atoms with Gasteiger partial charge in [-0.2, -0.15) is 8.42 Å². The van der Waals surface area contributed by atoms with E-state index in [0.29, 0.717) is 33.8 Å². The minimum atomic E-state index is -4.68. The molecule has 0 amide bonds. The summed E-state index contributed by atoms with van der Waals surface area (Å²) in [6, 6.07) is 6.12. The molecule has 0 bridgehead atoms. The molecule has 1 aliphatic rings. The molecule has 1 aromatic heterocycles. The van der Waals surface area contributed by atoms with Crippen LogP contribution in [0.2, 0.25) is 20.1 Å². The van der Waals surface area contributed by atoms with Crippen LogP contribution in [-0.2, 0) is 33.0 Å². The Morgan fingerprint density at radius 1 is 0.921 bits per heavy atom. The van der Waals surface area contributed by atoms with Crippen molar-refractivity contribution in [3.8, 4) is 0 Å². The summed E-state index contributed by atoms with van der Waals surface area (Å²) in [6.45, 7) is 0. The summed E-state index contributed by atoms with van der Waals surface area (Å²) in [6.07, 6.45) is 4.67. The van der Waals surface area contributed by atoms with Gasteiger partial charge in [0.05, 0.1) is 37.0 Å². The molecule has 2 aromatic carbocycles. The van der Waals surface area contributed by atoms with E-state index >= 15 is 0 Å². The van der Waals surface area contributed by atoms with Gasteiger partial charge in [-0.15, -0.1) is 0 Å². The van der Waals surface area contributed by atoms with Crippen LogP contribution in [0.25, 0.3) is 17.0 Å². The molecule has 0 unspecified atom stereocenters. The van der Waals surface area contributed by atoms with Crippen molar-refractivity contribution in [2.45, 2.75) is 5.75 Å². The van der Waals surface area contributed by atoms with Crippen molar-refractivity contribution in [3.05, 3.63) is 73.6 Å². The molecule has 0 saturated carbocycles. The number of fused-ring (bicyclic) bond motifs is 2. The van der Waals surface area contributed by atoms with Crippen molar-refractivity contribution in [2.75, 3.05) is 22.7 Å². The Morgan fingerprint density at radius 2 is 1.47 bits per heavy atom. The maximum atomic E-state index is 11.8. The van der Waals surface area contributed by atoms with Crippen LogP contribution in [0.3, 0.4) is 0 Å². The van der Waals surface area contributed by atoms with Crippen LogP contribution in [0.4, 0.5) is 11.4 Å². The third-order valence-electron chi connectivity index (χ3n) is 5.80. The van der Waals surface area contributed by atoms with E-state index in [-0.39, 0.29) is 77.0 Å². The number of halogens is 4. The van der Waals surface area contributed by atoms with Crippen molar-refractivity contribution in [1.82, 2.24) is 4.57 Å². The Balaban J connectivity index is 0.00000400. The second-order valence-corrected chi connectivity index (χ2v) is 12.7. The number of aromatic nitrogens is 1. The predicted molar refractivity (Wildman–Crippen MR) is 147 cm³/mol. The quantitative estimate of drug-likeness (QED) is 0.315. The Labute approximate surface area is 282 Å². The molecule has 1 N–H and O–H groups in total. The first-order valence-electron chi connectivity index (χ1n) is 10.3. The Kier molecular flexibility index (Phi) is 10.1. The fourth-order valence-corrected chi connectivity index (χ4v) is 6.12. The predicted octanol–water partition coefficient (Wildman–Crippen LogP) is 2.50. The van der Waals surface area contributed by atoms with E-state index in [0.717, 1.165) is 0 Å². The van der Waals surface area contributed by atoms with Crippen molar-refractivity contribution in [2.24, 2.45) is 7.05 Å². The largest absolute Gasteiger partial charge is 1.00 e. The number of nitrogens with zero attached hydrogens (tertiary/aromatic N) is 3. The van der Waals surface area contributed by atoms with E-state index in [4.69, 9.17) is 46.4 Å². The van der Waals surface area contributed by atoms with E-state index in [9.17, 15) is 25.9 Å². The van der Waals surface area contributed by atoms with Crippen molar-refractivity contribution in [3.63, 3.8) is 0 Å². The molecule has 0 fully saturated rings. The monoisotopic (exact) mass is 663 g/mol. The normalized spacial score (nSPS) is 15.1. The van der Waals surface area contributed by atoms with Gasteiger partial charge in [0.15, 0.2) is 0 Å². The molecule has 0 saturated heterocycles. The third-order valence-corrected chi connectivity index (χ3v) is 8.47. The van der Waals surface area contributed by atoms with Crippen molar-refractivity contribution < 1.29 is 77.3 Å². The molecule has 9 nitrogen and oxygen atoms in total. The molecule has 3 aromatic rings. The van der Waals surface area contributed by atoms with Crippen LogP contribution in [0.5, 0.6) is 0 Å². The zero-order chi connectivity index (χ0) is 27.4. The first-order valence-corrected chi connectivity index (χ1v) is 15.0. The topological polar surface area (TPSA) is 123 Å². The molecule has 4 rings (SSSR count). The van der Waals surface area contributed by atoms with Crippen molar-refractivity contribution in [1.29, 1.82) is 0 Å². The van der Waals surface area contributed by atoms with E-state index in [2.05, 4.69) is 0 Å². The van der Waals surface area contributed by atoms with Gasteiger partial charge < -0.3 is 18.9 Å². The van der Waals surface area contributed by atoms with E-state index in [1.165, 1.54) is 17.0 Å². The molecule has 2 heterocycles. The number of aryl methyl sites for hydroxylation is 1. The number of allylic oxidation sites excluding steroid dienone is 2. The maximum absolute atomic E-state index is 11.8. The first kappa shape index (κ1) is 32.2. The number of hydrogen-bond acceptors (Lipinski definition) is 7. The average Bonchev–Trinajstić information content (AvgIpc) is 3.13. The smallest absolute Gasteiger partial charge is 0.747 e. The summed E-state index contributed by atoms with van der Waals surface area (Å²) in [5, 5.41) is 1.39. The minimum Gasteiger partial charge on any atom is -0.747 e. The van der Waals surface area contributed by atoms with Crippen LogP contribution < -0.4 is 61.2 Å². The summed E-state index contributed by atoms with van der Waals surface area (Å²) in [4.78, 5) is 2.91. The second kappa shape index (κ2) is 11.9. The molecule has 0 spiro atoms. The molecule has 0 aliphatic carbocycles. The number of benzene rings is 2. The van der Waals surface area contributed by atoms with Crippen LogP contribution in [0, 0.1) is 0 Å². The Morgan fingerprint density at radius 3 is 2.05 bits per heavy atom. The standard InChI is InChI=1S/C22H19Cl4N3O6S2.K/c1-27-18(13(10-36(30,31)32)12-6-14(23)15(24)7-19(12)27)4-3-5-22-28(2)20-8-16(25)17(26)9-21(20)29(22)11-37(33,34)35;/h3-9H,10-11H2,1-2H3,(H,30,31,32)(H,33,34,35);/q;+1/p-1/b4-3+,22-5-;. The van der Waals surface area contributed by atoms with Gasteiger partial charge in [-0.1, -0.05) is 52.5 Å². The van der Waals surface area contributed by atoms with E-state index in [1.807, 2.05) is 0 Å². The Hall–Kier alpha value is -0.324. The number of hydrogen-bond donors (Lipinski definition) is 1. The van der Waals surface area contributed by atoms with Crippen LogP contribution in [0.15, 0.2) is 42.2 Å². The summed E-state index contributed by atoms with van der Waals surface area (Å²) in [5.74, 6) is -1.21. The van der Waals surface area contributed by atoms with Crippen LogP contribution in [-0.4, -0.2) is 43.4 Å².